The molecule has 1 aliphatic carbocycles. The smallest absolute Gasteiger partial charge is 0.350 e. The highest BCUT2D eigenvalue weighted by Crippen LogP contribution is 2.32. The van der Waals surface area contributed by atoms with Crippen molar-refractivity contribution in [3.05, 3.63) is 57.6 Å². The number of quaternary nitrogens is 1. The average molecular weight is 729 g/mol. The lowest BCUT2D eigenvalue weighted by molar-refractivity contribution is -0.923. The molecule has 1 fully saturated rings. The van der Waals surface area contributed by atoms with Crippen LogP contribution in [0.3, 0.4) is 0 Å². The summed E-state index contributed by atoms with van der Waals surface area (Å²) in [4.78, 5) is 15.4. The van der Waals surface area contributed by atoms with Gasteiger partial charge in [-0.05, 0) is 100 Å². The first-order chi connectivity index (χ1) is 25.4. The Hall–Kier alpha value is -3.39. The SMILES string of the molecule is CC[N+](CC)(CC)CCCN1CCC[N+]2=C1N(CCCc1cc(C(C)(C)C)cc(C=NC3CCCCC3N=Cc3cc(C)cc(C)c3O)c1O)CCC2. The molecular formula is C45H72N6O2+2. The number of rotatable bonds is 15. The maximum absolute atomic E-state index is 11.7. The minimum Gasteiger partial charge on any atom is -0.507 e. The van der Waals surface area contributed by atoms with E-state index in [1.165, 1.54) is 74.5 Å². The number of aromatic hydroxyl groups is 2. The van der Waals surface area contributed by atoms with Gasteiger partial charge in [-0.25, -0.2) is 0 Å². The van der Waals surface area contributed by atoms with E-state index in [9.17, 15) is 10.2 Å². The summed E-state index contributed by atoms with van der Waals surface area (Å²) < 4.78 is 3.86. The van der Waals surface area contributed by atoms with Crippen molar-refractivity contribution in [1.82, 2.24) is 9.80 Å². The molecule has 2 unspecified atom stereocenters. The second kappa shape index (κ2) is 18.3. The maximum atomic E-state index is 11.7. The first-order valence-electron chi connectivity index (χ1n) is 21.1. The number of benzene rings is 2. The van der Waals surface area contributed by atoms with Gasteiger partial charge in [-0.15, -0.1) is 0 Å². The Labute approximate surface area is 321 Å². The zero-order chi connectivity index (χ0) is 38.2. The fourth-order valence-electron chi connectivity index (χ4n) is 8.97. The first kappa shape index (κ1) is 40.8. The van der Waals surface area contributed by atoms with Crippen LogP contribution in [0.4, 0.5) is 0 Å². The highest BCUT2D eigenvalue weighted by atomic mass is 16.3. The molecule has 2 aromatic rings. The van der Waals surface area contributed by atoms with Crippen molar-refractivity contribution >= 4 is 18.4 Å². The molecule has 8 nitrogen and oxygen atoms in total. The van der Waals surface area contributed by atoms with Gasteiger partial charge in [0.1, 0.15) is 11.5 Å². The number of aliphatic imine (C=N–C) groups is 2. The number of hydrogen-bond donors (Lipinski definition) is 2. The van der Waals surface area contributed by atoms with Crippen LogP contribution in [-0.2, 0) is 11.8 Å². The summed E-state index contributed by atoms with van der Waals surface area (Å²) in [5.41, 5.74) is 5.77. The van der Waals surface area contributed by atoms with E-state index in [0.29, 0.717) is 11.5 Å². The summed E-state index contributed by atoms with van der Waals surface area (Å²) in [6.07, 6.45) is 13.5. The predicted octanol–water partition coefficient (Wildman–Crippen LogP) is 7.84. The summed E-state index contributed by atoms with van der Waals surface area (Å²) in [6, 6.07) is 8.46. The second-order valence-electron chi connectivity index (χ2n) is 17.3. The van der Waals surface area contributed by atoms with Crippen molar-refractivity contribution in [2.45, 2.75) is 131 Å². The summed E-state index contributed by atoms with van der Waals surface area (Å²) in [6.45, 7) is 29.4. The molecule has 0 saturated heterocycles. The Balaban J connectivity index is 1.29. The molecule has 53 heavy (non-hydrogen) atoms. The van der Waals surface area contributed by atoms with Crippen LogP contribution in [0.5, 0.6) is 11.5 Å². The Morgan fingerprint density at radius 3 is 1.91 bits per heavy atom. The number of phenolic OH excluding ortho intramolecular Hbond substituents is 2. The van der Waals surface area contributed by atoms with E-state index in [-0.39, 0.29) is 17.5 Å². The minimum absolute atomic E-state index is 0.0491. The van der Waals surface area contributed by atoms with Crippen LogP contribution in [0.15, 0.2) is 34.3 Å². The first-order valence-corrected chi connectivity index (χ1v) is 21.1. The van der Waals surface area contributed by atoms with Gasteiger partial charge in [0.2, 0.25) is 0 Å². The van der Waals surface area contributed by atoms with E-state index in [4.69, 9.17) is 9.98 Å². The number of aryl methyl sites for hydroxylation is 3. The fraction of sp³-hybridized carbons (Fsp3) is 0.667. The third-order valence-electron chi connectivity index (χ3n) is 12.6. The Bertz CT molecular complexity index is 1610. The van der Waals surface area contributed by atoms with Crippen molar-refractivity contribution in [3.8, 4) is 11.5 Å². The van der Waals surface area contributed by atoms with Crippen LogP contribution in [0.25, 0.3) is 0 Å². The maximum Gasteiger partial charge on any atom is 0.350 e. The Kier molecular flexibility index (Phi) is 14.1. The van der Waals surface area contributed by atoms with Crippen LogP contribution < -0.4 is 0 Å². The van der Waals surface area contributed by atoms with Crippen molar-refractivity contribution in [2.24, 2.45) is 9.98 Å². The molecule has 2 aromatic carbocycles. The van der Waals surface area contributed by atoms with Crippen LogP contribution in [-0.4, -0.2) is 125 Å². The average Bonchev–Trinajstić information content (AvgIpc) is 3.14. The lowest BCUT2D eigenvalue weighted by Crippen LogP contribution is -2.57. The van der Waals surface area contributed by atoms with Crippen LogP contribution in [0.2, 0.25) is 0 Å². The number of hydrogen-bond acceptors (Lipinski definition) is 6. The molecule has 0 aromatic heterocycles. The van der Waals surface area contributed by atoms with E-state index in [1.54, 1.807) is 0 Å². The standard InChI is InChI=1S/C45H70N6O2/c1-9-51(10-2,11-3)27-17-26-50-25-16-24-49-23-15-22-48(44(49)50)21-14-18-36-30-39(45(6,7)8)31-38(43(36)53)33-47-41-20-13-12-19-40(41)46-32-37-29-34(4)28-35(5)42(37)52/h28-33,40-41H,9-27H2,1-8H3/p+2. The Morgan fingerprint density at radius 1 is 0.774 bits per heavy atom. The lowest BCUT2D eigenvalue weighted by atomic mass is 9.84. The summed E-state index contributed by atoms with van der Waals surface area (Å²) >= 11 is 0. The molecular weight excluding hydrogens is 657 g/mol. The van der Waals surface area contributed by atoms with Gasteiger partial charge in [0.15, 0.2) is 0 Å². The quantitative estimate of drug-likeness (QED) is 0.111. The highest BCUT2D eigenvalue weighted by molar-refractivity contribution is 5.86. The monoisotopic (exact) mass is 729 g/mol. The summed E-state index contributed by atoms with van der Waals surface area (Å²) in [5, 5.41) is 22.4. The molecule has 0 amide bonds. The summed E-state index contributed by atoms with van der Waals surface area (Å²) in [7, 11) is 0. The van der Waals surface area contributed by atoms with Gasteiger partial charge in [-0.2, -0.15) is 0 Å². The molecule has 0 radical (unpaired) electrons. The minimum atomic E-state index is -0.0495. The number of guanidine groups is 1. The molecule has 2 N–H and O–H groups in total. The van der Waals surface area contributed by atoms with Crippen molar-refractivity contribution in [3.63, 3.8) is 0 Å². The molecule has 292 valence electrons. The molecule has 2 heterocycles. The number of nitrogens with zero attached hydrogens (tertiary/aromatic N) is 6. The Morgan fingerprint density at radius 2 is 1.34 bits per heavy atom. The highest BCUT2D eigenvalue weighted by Gasteiger charge is 2.35. The van der Waals surface area contributed by atoms with Crippen LogP contribution >= 0.6 is 0 Å². The van der Waals surface area contributed by atoms with E-state index in [0.717, 1.165) is 92.5 Å². The van der Waals surface area contributed by atoms with E-state index < -0.39 is 0 Å². The summed E-state index contributed by atoms with van der Waals surface area (Å²) in [5.74, 6) is 2.13. The molecule has 3 aliphatic rings. The molecule has 1 saturated carbocycles. The van der Waals surface area contributed by atoms with Crippen LogP contribution in [0.1, 0.15) is 126 Å². The molecule has 2 atom stereocenters. The van der Waals surface area contributed by atoms with Gasteiger partial charge in [0.25, 0.3) is 0 Å². The largest absolute Gasteiger partial charge is 0.507 e. The molecule has 5 rings (SSSR count). The van der Waals surface area contributed by atoms with Crippen molar-refractivity contribution < 1.29 is 19.3 Å². The molecule has 0 spiro atoms. The van der Waals surface area contributed by atoms with Gasteiger partial charge in [0.05, 0.1) is 77.5 Å². The van der Waals surface area contributed by atoms with Gasteiger partial charge in [0, 0.05) is 42.8 Å². The van der Waals surface area contributed by atoms with E-state index >= 15 is 0 Å². The third kappa shape index (κ3) is 10.2. The molecule has 0 bridgehead atoms. The van der Waals surface area contributed by atoms with Gasteiger partial charge >= 0.3 is 5.96 Å². The number of phenols is 2. The van der Waals surface area contributed by atoms with Crippen LogP contribution in [0, 0.1) is 13.8 Å². The molecule has 8 heteroatoms. The van der Waals surface area contributed by atoms with Gasteiger partial charge < -0.3 is 14.7 Å². The van der Waals surface area contributed by atoms with Gasteiger partial charge in [-0.1, -0.05) is 45.7 Å². The zero-order valence-corrected chi connectivity index (χ0v) is 34.6. The normalized spacial score (nSPS) is 20.2. The second-order valence-corrected chi connectivity index (χ2v) is 17.3. The lowest BCUT2D eigenvalue weighted by Gasteiger charge is -2.38. The van der Waals surface area contributed by atoms with Crippen molar-refractivity contribution in [1.29, 1.82) is 0 Å². The molecule has 2 aliphatic heterocycles. The van der Waals surface area contributed by atoms with Crippen molar-refractivity contribution in [2.75, 3.05) is 65.4 Å². The van der Waals surface area contributed by atoms with E-state index in [1.807, 2.05) is 38.4 Å². The topological polar surface area (TPSA) is 74.7 Å². The van der Waals surface area contributed by atoms with Gasteiger partial charge in [-0.3, -0.25) is 24.4 Å². The zero-order valence-electron chi connectivity index (χ0n) is 34.6. The fourth-order valence-corrected chi connectivity index (χ4v) is 8.97. The predicted molar refractivity (Wildman–Crippen MR) is 223 cm³/mol. The third-order valence-corrected chi connectivity index (χ3v) is 12.6. The van der Waals surface area contributed by atoms with E-state index in [2.05, 4.69) is 68.1 Å².